The molecule has 0 aromatic heterocycles. The summed E-state index contributed by atoms with van der Waals surface area (Å²) in [6, 6.07) is 0. The lowest BCUT2D eigenvalue weighted by Gasteiger charge is -2.33. The van der Waals surface area contributed by atoms with Gasteiger partial charge in [-0.15, -0.1) is 0 Å². The molecule has 3 heteroatoms. The maximum absolute atomic E-state index is 11.9. The minimum atomic E-state index is -0.380. The first-order valence-electron chi connectivity index (χ1n) is 9.44. The second-order valence-corrected chi connectivity index (χ2v) is 6.93. The highest BCUT2D eigenvalue weighted by molar-refractivity contribution is 5.67. The van der Waals surface area contributed by atoms with Crippen LogP contribution >= 0.6 is 0 Å². The molecule has 0 fully saturated rings. The average molecular weight is 316 g/mol. The molecular formula is C19H41NO2. The molecule has 1 unspecified atom stereocenters. The van der Waals surface area contributed by atoms with Crippen molar-refractivity contribution in [3.8, 4) is 0 Å². The standard InChI is InChI=1S/C19H39NO2.H2/c1-6-9-10-11-12-13-14-16-20-18(21)22-19(4,5)17(8-3)15-7-2;/h17H,6-16H2,1-5H3,(H,20,21);1H. The topological polar surface area (TPSA) is 38.3 Å². The third kappa shape index (κ3) is 10.1. The number of ether oxygens (including phenoxy) is 1. The summed E-state index contributed by atoms with van der Waals surface area (Å²) in [5.74, 6) is 0.432. The molecule has 0 aromatic carbocycles. The molecule has 0 aliphatic heterocycles. The van der Waals surface area contributed by atoms with Crippen LogP contribution in [0.4, 0.5) is 4.79 Å². The van der Waals surface area contributed by atoms with Crippen LogP contribution in [-0.4, -0.2) is 18.2 Å². The number of carbonyl (C=O) groups is 1. The molecule has 0 aliphatic rings. The van der Waals surface area contributed by atoms with Gasteiger partial charge >= 0.3 is 6.09 Å². The molecule has 0 saturated carbocycles. The Hall–Kier alpha value is -0.730. The molecule has 0 saturated heterocycles. The van der Waals surface area contributed by atoms with Crippen molar-refractivity contribution < 1.29 is 11.0 Å². The van der Waals surface area contributed by atoms with Gasteiger partial charge in [-0.05, 0) is 39.0 Å². The lowest BCUT2D eigenvalue weighted by atomic mass is 9.85. The number of hydrogen-bond acceptors (Lipinski definition) is 2. The van der Waals surface area contributed by atoms with Gasteiger partial charge in [-0.3, -0.25) is 0 Å². The second-order valence-electron chi connectivity index (χ2n) is 6.93. The number of unbranched alkanes of at least 4 members (excludes halogenated alkanes) is 6. The molecule has 3 nitrogen and oxygen atoms in total. The molecule has 0 aliphatic carbocycles. The van der Waals surface area contributed by atoms with E-state index in [1.807, 2.05) is 13.8 Å². The van der Waals surface area contributed by atoms with Gasteiger partial charge in [0.1, 0.15) is 5.60 Å². The van der Waals surface area contributed by atoms with Gasteiger partial charge in [0, 0.05) is 7.97 Å². The van der Waals surface area contributed by atoms with Crippen molar-refractivity contribution >= 4 is 6.09 Å². The lowest BCUT2D eigenvalue weighted by Crippen LogP contribution is -2.40. The molecule has 0 bridgehead atoms. The zero-order chi connectivity index (χ0) is 16.8. The van der Waals surface area contributed by atoms with Crippen LogP contribution in [0.5, 0.6) is 0 Å². The summed E-state index contributed by atoms with van der Waals surface area (Å²) in [6.45, 7) is 11.4. The Kier molecular flexibility index (Phi) is 12.4. The summed E-state index contributed by atoms with van der Waals surface area (Å²) in [5, 5.41) is 2.90. The molecule has 0 rings (SSSR count). The van der Waals surface area contributed by atoms with Crippen LogP contribution in [0.15, 0.2) is 0 Å². The molecule has 22 heavy (non-hydrogen) atoms. The van der Waals surface area contributed by atoms with E-state index in [9.17, 15) is 4.79 Å². The zero-order valence-electron chi connectivity index (χ0n) is 15.7. The van der Waals surface area contributed by atoms with Crippen molar-refractivity contribution in [1.29, 1.82) is 0 Å². The van der Waals surface area contributed by atoms with Crippen LogP contribution < -0.4 is 5.32 Å². The monoisotopic (exact) mass is 315 g/mol. The van der Waals surface area contributed by atoms with Crippen molar-refractivity contribution in [2.24, 2.45) is 5.92 Å². The van der Waals surface area contributed by atoms with Crippen molar-refractivity contribution in [3.05, 3.63) is 0 Å². The molecular weight excluding hydrogens is 274 g/mol. The van der Waals surface area contributed by atoms with E-state index in [0.29, 0.717) is 5.92 Å². The fourth-order valence-electron chi connectivity index (χ4n) is 3.02. The molecule has 1 N–H and O–H groups in total. The number of rotatable bonds is 13. The highest BCUT2D eigenvalue weighted by Crippen LogP contribution is 2.28. The zero-order valence-corrected chi connectivity index (χ0v) is 15.7. The minimum absolute atomic E-state index is 0. The van der Waals surface area contributed by atoms with Gasteiger partial charge < -0.3 is 10.1 Å². The molecule has 134 valence electrons. The Labute approximate surface area is 140 Å². The van der Waals surface area contributed by atoms with Gasteiger partial charge in [-0.2, -0.15) is 0 Å². The molecule has 1 amide bonds. The molecule has 0 radical (unpaired) electrons. The molecule has 1 atom stereocenters. The summed E-state index contributed by atoms with van der Waals surface area (Å²) in [4.78, 5) is 11.9. The van der Waals surface area contributed by atoms with Crippen LogP contribution in [0, 0.1) is 5.92 Å². The maximum atomic E-state index is 11.9. The normalized spacial score (nSPS) is 13.0. The number of hydrogen-bond donors (Lipinski definition) is 1. The van der Waals surface area contributed by atoms with Gasteiger partial charge in [0.15, 0.2) is 0 Å². The predicted octanol–water partition coefficient (Wildman–Crippen LogP) is 6.31. The third-order valence-electron chi connectivity index (χ3n) is 4.52. The van der Waals surface area contributed by atoms with E-state index in [1.165, 1.54) is 38.5 Å². The van der Waals surface area contributed by atoms with Crippen LogP contribution in [0.3, 0.4) is 0 Å². The number of carbonyl (C=O) groups excluding carboxylic acids is 1. The van der Waals surface area contributed by atoms with Gasteiger partial charge in [-0.1, -0.05) is 65.7 Å². The summed E-state index contributed by atoms with van der Waals surface area (Å²) in [6.07, 6.45) is 11.8. The minimum Gasteiger partial charge on any atom is -0.443 e. The maximum Gasteiger partial charge on any atom is 0.407 e. The van der Waals surface area contributed by atoms with E-state index in [0.717, 1.165) is 32.2 Å². The van der Waals surface area contributed by atoms with Crippen LogP contribution in [-0.2, 0) is 4.74 Å². The first-order valence-corrected chi connectivity index (χ1v) is 9.44. The van der Waals surface area contributed by atoms with E-state index in [4.69, 9.17) is 4.74 Å². The largest absolute Gasteiger partial charge is 0.443 e. The van der Waals surface area contributed by atoms with Crippen molar-refractivity contribution in [3.63, 3.8) is 0 Å². The summed E-state index contributed by atoms with van der Waals surface area (Å²) in [7, 11) is 0. The van der Waals surface area contributed by atoms with Gasteiger partial charge in [0.25, 0.3) is 0 Å². The van der Waals surface area contributed by atoms with Crippen LogP contribution in [0.2, 0.25) is 0 Å². The fourth-order valence-corrected chi connectivity index (χ4v) is 3.02. The SMILES string of the molecule is CCCCCCCCCNC(=O)OC(C)(C)C(CC)CCC.[HH]. The number of alkyl carbamates (subject to hydrolysis) is 1. The smallest absolute Gasteiger partial charge is 0.407 e. The molecule has 0 heterocycles. The first-order chi connectivity index (χ1) is 10.5. The Morgan fingerprint density at radius 2 is 1.59 bits per heavy atom. The Morgan fingerprint density at radius 3 is 2.14 bits per heavy atom. The summed E-state index contributed by atoms with van der Waals surface area (Å²) < 4.78 is 5.65. The Balaban J connectivity index is 0. The summed E-state index contributed by atoms with van der Waals surface area (Å²) >= 11 is 0. The quantitative estimate of drug-likeness (QED) is 0.404. The van der Waals surface area contributed by atoms with E-state index in [-0.39, 0.29) is 13.1 Å². The van der Waals surface area contributed by atoms with Gasteiger partial charge in [0.05, 0.1) is 0 Å². The number of nitrogens with one attached hydrogen (secondary N) is 1. The van der Waals surface area contributed by atoms with Crippen LogP contribution in [0.1, 0.15) is 100 Å². The molecule has 0 aromatic rings. The Morgan fingerprint density at radius 1 is 1.00 bits per heavy atom. The Bertz CT molecular complexity index is 283. The average Bonchev–Trinajstić information content (AvgIpc) is 2.46. The van der Waals surface area contributed by atoms with Crippen molar-refractivity contribution in [1.82, 2.24) is 5.32 Å². The fraction of sp³-hybridized carbons (Fsp3) is 0.947. The van der Waals surface area contributed by atoms with Crippen molar-refractivity contribution in [2.45, 2.75) is 104 Å². The number of amides is 1. The second kappa shape index (κ2) is 12.8. The third-order valence-corrected chi connectivity index (χ3v) is 4.52. The predicted molar refractivity (Wildman–Crippen MR) is 97.4 cm³/mol. The van der Waals surface area contributed by atoms with Gasteiger partial charge in [0.2, 0.25) is 0 Å². The highest BCUT2D eigenvalue weighted by atomic mass is 16.6. The van der Waals surface area contributed by atoms with Crippen molar-refractivity contribution in [2.75, 3.05) is 6.54 Å². The highest BCUT2D eigenvalue weighted by Gasteiger charge is 2.31. The van der Waals surface area contributed by atoms with E-state index in [2.05, 4.69) is 26.1 Å². The van der Waals surface area contributed by atoms with E-state index >= 15 is 0 Å². The molecule has 0 spiro atoms. The first kappa shape index (κ1) is 21.3. The van der Waals surface area contributed by atoms with Crippen LogP contribution in [0.25, 0.3) is 0 Å². The van der Waals surface area contributed by atoms with Gasteiger partial charge in [-0.25, -0.2) is 4.79 Å². The summed E-state index contributed by atoms with van der Waals surface area (Å²) in [5.41, 5.74) is -0.380. The van der Waals surface area contributed by atoms with E-state index in [1.54, 1.807) is 0 Å². The lowest BCUT2D eigenvalue weighted by molar-refractivity contribution is -0.0107. The van der Waals surface area contributed by atoms with E-state index < -0.39 is 0 Å².